The summed E-state index contributed by atoms with van der Waals surface area (Å²) in [7, 11) is 0. The standard InChI is InChI=1S/C15H13FN2O3S/c1-22-14-10(5-4-8-17-14)15(20)21-9-13(19)18-12-7-3-2-6-11(12)16/h2-8H,9H2,1H3,(H,18,19). The van der Waals surface area contributed by atoms with Gasteiger partial charge >= 0.3 is 5.97 Å². The first-order chi connectivity index (χ1) is 10.6. The van der Waals surface area contributed by atoms with Crippen LogP contribution < -0.4 is 5.32 Å². The van der Waals surface area contributed by atoms with Crippen LogP contribution in [0.3, 0.4) is 0 Å². The quantitative estimate of drug-likeness (QED) is 0.678. The van der Waals surface area contributed by atoms with Gasteiger partial charge in [-0.1, -0.05) is 12.1 Å². The Kier molecular flexibility index (Phi) is 5.48. The van der Waals surface area contributed by atoms with E-state index in [1.54, 1.807) is 30.7 Å². The summed E-state index contributed by atoms with van der Waals surface area (Å²) < 4.78 is 18.3. The van der Waals surface area contributed by atoms with Crippen LogP contribution >= 0.6 is 11.8 Å². The van der Waals surface area contributed by atoms with Crippen LogP contribution in [0.15, 0.2) is 47.6 Å². The molecule has 0 bridgehead atoms. The molecule has 0 aliphatic carbocycles. The molecule has 5 nitrogen and oxygen atoms in total. The first kappa shape index (κ1) is 16.0. The Morgan fingerprint density at radius 3 is 2.77 bits per heavy atom. The highest BCUT2D eigenvalue weighted by atomic mass is 32.2. The highest BCUT2D eigenvalue weighted by Crippen LogP contribution is 2.17. The second kappa shape index (κ2) is 7.56. The zero-order valence-electron chi connectivity index (χ0n) is 11.7. The van der Waals surface area contributed by atoms with Crippen LogP contribution in [0.5, 0.6) is 0 Å². The predicted octanol–water partition coefficient (Wildman–Crippen LogP) is 2.74. The lowest BCUT2D eigenvalue weighted by atomic mass is 10.3. The van der Waals surface area contributed by atoms with Gasteiger partial charge < -0.3 is 10.1 Å². The van der Waals surface area contributed by atoms with Crippen molar-refractivity contribution >= 4 is 29.3 Å². The number of amides is 1. The van der Waals surface area contributed by atoms with Crippen molar-refractivity contribution in [1.82, 2.24) is 4.98 Å². The van der Waals surface area contributed by atoms with Crippen LogP contribution in [0.25, 0.3) is 0 Å². The summed E-state index contributed by atoms with van der Waals surface area (Å²) in [6.45, 7) is -0.504. The smallest absolute Gasteiger partial charge is 0.341 e. The Morgan fingerprint density at radius 1 is 1.27 bits per heavy atom. The fourth-order valence-corrected chi connectivity index (χ4v) is 2.20. The number of nitrogens with one attached hydrogen (secondary N) is 1. The Morgan fingerprint density at radius 2 is 2.05 bits per heavy atom. The molecule has 0 radical (unpaired) electrons. The number of pyridine rings is 1. The van der Waals surface area contributed by atoms with Crippen molar-refractivity contribution in [3.05, 3.63) is 54.0 Å². The molecule has 0 aliphatic heterocycles. The summed E-state index contributed by atoms with van der Waals surface area (Å²) in [4.78, 5) is 27.6. The number of ether oxygens (including phenoxy) is 1. The third-order valence-corrected chi connectivity index (χ3v) is 3.38. The molecule has 1 N–H and O–H groups in total. The summed E-state index contributed by atoms with van der Waals surface area (Å²) in [5, 5.41) is 2.85. The number of rotatable bonds is 5. The van der Waals surface area contributed by atoms with Gasteiger partial charge in [0.05, 0.1) is 11.3 Å². The summed E-state index contributed by atoms with van der Waals surface area (Å²) in [5.41, 5.74) is 0.323. The number of para-hydroxylation sites is 1. The lowest BCUT2D eigenvalue weighted by Crippen LogP contribution is -2.21. The number of carbonyl (C=O) groups is 2. The second-order valence-corrected chi connectivity index (χ2v) is 4.96. The maximum atomic E-state index is 13.4. The van der Waals surface area contributed by atoms with Crippen molar-refractivity contribution in [2.75, 3.05) is 18.2 Å². The molecule has 0 fully saturated rings. The topological polar surface area (TPSA) is 68.3 Å². The highest BCUT2D eigenvalue weighted by molar-refractivity contribution is 7.98. The molecule has 0 unspecified atom stereocenters. The number of halogens is 1. The molecule has 22 heavy (non-hydrogen) atoms. The maximum absolute atomic E-state index is 13.4. The zero-order chi connectivity index (χ0) is 15.9. The van der Waals surface area contributed by atoms with Gasteiger partial charge in [-0.15, -0.1) is 11.8 Å². The molecule has 1 amide bonds. The normalized spacial score (nSPS) is 10.1. The molecular formula is C15H13FN2O3S. The van der Waals surface area contributed by atoms with E-state index in [-0.39, 0.29) is 11.3 Å². The van der Waals surface area contributed by atoms with Crippen molar-refractivity contribution in [3.63, 3.8) is 0 Å². The number of hydrogen-bond donors (Lipinski definition) is 1. The number of hydrogen-bond acceptors (Lipinski definition) is 5. The lowest BCUT2D eigenvalue weighted by molar-refractivity contribution is -0.119. The monoisotopic (exact) mass is 320 g/mol. The molecule has 114 valence electrons. The van der Waals surface area contributed by atoms with E-state index in [0.29, 0.717) is 5.03 Å². The number of anilines is 1. The first-order valence-corrected chi connectivity index (χ1v) is 7.55. The molecule has 0 atom stereocenters. The molecule has 0 aliphatic rings. The first-order valence-electron chi connectivity index (χ1n) is 6.32. The average molecular weight is 320 g/mol. The Bertz CT molecular complexity index is 694. The summed E-state index contributed by atoms with van der Waals surface area (Å²) in [5.74, 6) is -1.83. The van der Waals surface area contributed by atoms with Gasteiger partial charge in [-0.05, 0) is 30.5 Å². The van der Waals surface area contributed by atoms with Crippen LogP contribution in [0, 0.1) is 5.82 Å². The van der Waals surface area contributed by atoms with E-state index in [1.807, 2.05) is 0 Å². The Labute approximate surface area is 130 Å². The highest BCUT2D eigenvalue weighted by Gasteiger charge is 2.15. The third kappa shape index (κ3) is 4.05. The summed E-state index contributed by atoms with van der Waals surface area (Å²) in [6, 6.07) is 8.91. The Hall–Kier alpha value is -2.41. The van der Waals surface area contributed by atoms with E-state index >= 15 is 0 Å². The molecule has 2 aromatic rings. The van der Waals surface area contributed by atoms with E-state index < -0.39 is 24.3 Å². The molecule has 1 heterocycles. The van der Waals surface area contributed by atoms with Gasteiger partial charge in [0.25, 0.3) is 5.91 Å². The van der Waals surface area contributed by atoms with E-state index in [9.17, 15) is 14.0 Å². The van der Waals surface area contributed by atoms with Crippen LogP contribution in [0.4, 0.5) is 10.1 Å². The van der Waals surface area contributed by atoms with Gasteiger partial charge in [0.15, 0.2) is 6.61 Å². The van der Waals surface area contributed by atoms with Crippen molar-refractivity contribution in [1.29, 1.82) is 0 Å². The molecular weight excluding hydrogens is 307 g/mol. The number of benzene rings is 1. The molecule has 1 aromatic heterocycles. The van der Waals surface area contributed by atoms with Gasteiger partial charge in [0, 0.05) is 6.20 Å². The maximum Gasteiger partial charge on any atom is 0.341 e. The van der Waals surface area contributed by atoms with E-state index in [0.717, 1.165) is 0 Å². The number of aromatic nitrogens is 1. The van der Waals surface area contributed by atoms with Gasteiger partial charge in [0.1, 0.15) is 10.8 Å². The predicted molar refractivity (Wildman–Crippen MR) is 81.3 cm³/mol. The molecule has 7 heteroatoms. The van der Waals surface area contributed by atoms with Crippen LogP contribution in [0.1, 0.15) is 10.4 Å². The fraction of sp³-hybridized carbons (Fsp3) is 0.133. The van der Waals surface area contributed by atoms with Crippen molar-refractivity contribution in [3.8, 4) is 0 Å². The lowest BCUT2D eigenvalue weighted by Gasteiger charge is -2.08. The number of nitrogens with zero attached hydrogens (tertiary/aromatic N) is 1. The van der Waals surface area contributed by atoms with Crippen molar-refractivity contribution in [2.24, 2.45) is 0 Å². The Balaban J connectivity index is 1.94. The van der Waals surface area contributed by atoms with E-state index in [2.05, 4.69) is 10.3 Å². The largest absolute Gasteiger partial charge is 0.452 e. The van der Waals surface area contributed by atoms with E-state index in [1.165, 1.54) is 30.0 Å². The van der Waals surface area contributed by atoms with Gasteiger partial charge in [0.2, 0.25) is 0 Å². The minimum absolute atomic E-state index is 0.0368. The average Bonchev–Trinajstić information content (AvgIpc) is 2.54. The van der Waals surface area contributed by atoms with Crippen LogP contribution in [-0.4, -0.2) is 29.7 Å². The molecule has 0 spiro atoms. The van der Waals surface area contributed by atoms with Crippen LogP contribution in [0.2, 0.25) is 0 Å². The van der Waals surface area contributed by atoms with Gasteiger partial charge in [-0.3, -0.25) is 4.79 Å². The molecule has 2 rings (SSSR count). The SMILES string of the molecule is CSc1ncccc1C(=O)OCC(=O)Nc1ccccc1F. The number of thioether (sulfide) groups is 1. The zero-order valence-corrected chi connectivity index (χ0v) is 12.5. The molecule has 0 saturated carbocycles. The number of esters is 1. The van der Waals surface area contributed by atoms with Gasteiger partial charge in [-0.2, -0.15) is 0 Å². The molecule has 0 saturated heterocycles. The van der Waals surface area contributed by atoms with E-state index in [4.69, 9.17) is 4.74 Å². The summed E-state index contributed by atoms with van der Waals surface area (Å²) in [6.07, 6.45) is 3.34. The van der Waals surface area contributed by atoms with Crippen molar-refractivity contribution in [2.45, 2.75) is 5.03 Å². The fourth-order valence-electron chi connectivity index (χ4n) is 1.67. The van der Waals surface area contributed by atoms with Crippen molar-refractivity contribution < 1.29 is 18.7 Å². The number of carbonyl (C=O) groups excluding carboxylic acids is 2. The second-order valence-electron chi connectivity index (χ2n) is 4.16. The minimum atomic E-state index is -0.652. The minimum Gasteiger partial charge on any atom is -0.452 e. The molecule has 1 aromatic carbocycles. The van der Waals surface area contributed by atoms with Gasteiger partial charge in [-0.25, -0.2) is 14.2 Å². The summed E-state index contributed by atoms with van der Waals surface area (Å²) >= 11 is 1.30. The van der Waals surface area contributed by atoms with Crippen LogP contribution in [-0.2, 0) is 9.53 Å². The third-order valence-electron chi connectivity index (χ3n) is 2.67.